The van der Waals surface area contributed by atoms with E-state index in [0.717, 1.165) is 22.6 Å². The molecular weight excluding hydrogens is 326 g/mol. The van der Waals surface area contributed by atoms with Gasteiger partial charge in [0.2, 0.25) is 5.91 Å². The van der Waals surface area contributed by atoms with Gasteiger partial charge in [-0.1, -0.05) is 12.1 Å². The summed E-state index contributed by atoms with van der Waals surface area (Å²) < 4.78 is 5.22. The zero-order valence-corrected chi connectivity index (χ0v) is 14.2. The maximum absolute atomic E-state index is 12.2. The number of nitrogens with one attached hydrogen (secondary N) is 1. The van der Waals surface area contributed by atoms with Crippen molar-refractivity contribution in [2.24, 2.45) is 0 Å². The van der Waals surface area contributed by atoms with Crippen molar-refractivity contribution in [3.8, 4) is 16.9 Å². The zero-order valence-electron chi connectivity index (χ0n) is 12.5. The number of methoxy groups -OCH3 is 1. The first kappa shape index (κ1) is 14.5. The van der Waals surface area contributed by atoms with Gasteiger partial charge in [0.1, 0.15) is 5.75 Å². The third kappa shape index (κ3) is 2.56. The minimum absolute atomic E-state index is 0.0851. The normalized spacial score (nSPS) is 16.7. The molecule has 3 aromatic rings. The molecule has 1 unspecified atom stereocenters. The average molecular weight is 341 g/mol. The predicted molar refractivity (Wildman–Crippen MR) is 95.7 cm³/mol. The molecule has 0 saturated heterocycles. The minimum atomic E-state index is 0.0851. The van der Waals surface area contributed by atoms with Crippen molar-refractivity contribution in [1.82, 2.24) is 0 Å². The van der Waals surface area contributed by atoms with Crippen LogP contribution in [0.4, 0.5) is 5.69 Å². The van der Waals surface area contributed by atoms with Gasteiger partial charge >= 0.3 is 0 Å². The monoisotopic (exact) mass is 341 g/mol. The molecule has 0 radical (unpaired) electrons. The number of hydrogen-bond donors (Lipinski definition) is 1. The Balaban J connectivity index is 1.78. The fraction of sp³-hybridized carbons (Fsp3) is 0.167. The van der Waals surface area contributed by atoms with E-state index in [1.165, 1.54) is 10.4 Å². The van der Waals surface area contributed by atoms with Crippen LogP contribution >= 0.6 is 22.7 Å². The Kier molecular flexibility index (Phi) is 3.67. The van der Waals surface area contributed by atoms with Crippen molar-refractivity contribution < 1.29 is 9.53 Å². The van der Waals surface area contributed by atoms with Gasteiger partial charge in [-0.3, -0.25) is 4.79 Å². The Hall–Kier alpha value is -2.11. The van der Waals surface area contributed by atoms with E-state index in [1.807, 2.05) is 24.3 Å². The molecule has 5 heteroatoms. The van der Waals surface area contributed by atoms with Gasteiger partial charge in [0.25, 0.3) is 0 Å². The van der Waals surface area contributed by atoms with Crippen molar-refractivity contribution in [2.45, 2.75) is 12.3 Å². The average Bonchev–Trinajstić information content (AvgIpc) is 3.24. The number of benzene rings is 1. The number of thiophene rings is 2. The van der Waals surface area contributed by atoms with Crippen LogP contribution in [0.25, 0.3) is 11.1 Å². The topological polar surface area (TPSA) is 38.3 Å². The molecule has 0 saturated carbocycles. The number of rotatable bonds is 3. The van der Waals surface area contributed by atoms with Gasteiger partial charge in [-0.15, -0.1) is 11.3 Å². The molecule has 3 heterocycles. The molecule has 1 atom stereocenters. The number of hydrogen-bond acceptors (Lipinski definition) is 4. The van der Waals surface area contributed by atoms with Crippen molar-refractivity contribution in [1.29, 1.82) is 0 Å². The summed E-state index contributed by atoms with van der Waals surface area (Å²) in [6.45, 7) is 0. The van der Waals surface area contributed by atoms with Gasteiger partial charge in [-0.2, -0.15) is 11.3 Å². The summed E-state index contributed by atoms with van der Waals surface area (Å²) in [7, 11) is 1.66. The van der Waals surface area contributed by atoms with E-state index < -0.39 is 0 Å². The molecule has 1 N–H and O–H groups in total. The van der Waals surface area contributed by atoms with Crippen LogP contribution in [0, 0.1) is 0 Å². The third-order valence-electron chi connectivity index (χ3n) is 4.14. The van der Waals surface area contributed by atoms with Crippen LogP contribution in [0.1, 0.15) is 22.8 Å². The summed E-state index contributed by atoms with van der Waals surface area (Å²) in [5, 5.41) is 9.42. The van der Waals surface area contributed by atoms with E-state index in [0.29, 0.717) is 6.42 Å². The van der Waals surface area contributed by atoms with E-state index in [9.17, 15) is 4.79 Å². The third-order valence-corrected chi connectivity index (χ3v) is 5.93. The first-order valence-corrected chi connectivity index (χ1v) is 9.16. The van der Waals surface area contributed by atoms with Crippen LogP contribution in [-0.4, -0.2) is 13.0 Å². The Morgan fingerprint density at radius 3 is 2.70 bits per heavy atom. The molecular formula is C18H15NO2S2. The lowest BCUT2D eigenvalue weighted by Crippen LogP contribution is -2.22. The molecule has 0 spiro atoms. The summed E-state index contributed by atoms with van der Waals surface area (Å²) in [6.07, 6.45) is 0.520. The molecule has 1 aliphatic heterocycles. The maximum atomic E-state index is 12.2. The number of ether oxygens (including phenoxy) is 1. The van der Waals surface area contributed by atoms with Crippen LogP contribution in [-0.2, 0) is 4.79 Å². The molecule has 4 rings (SSSR count). The molecule has 3 nitrogen and oxygen atoms in total. The Bertz CT molecular complexity index is 835. The van der Waals surface area contributed by atoms with E-state index >= 15 is 0 Å². The second-order valence-corrected chi connectivity index (χ2v) is 7.17. The van der Waals surface area contributed by atoms with Crippen molar-refractivity contribution in [3.05, 3.63) is 56.9 Å². The molecule has 1 aromatic carbocycles. The van der Waals surface area contributed by atoms with Gasteiger partial charge in [0, 0.05) is 28.2 Å². The van der Waals surface area contributed by atoms with E-state index in [-0.39, 0.29) is 11.8 Å². The molecule has 116 valence electrons. The minimum Gasteiger partial charge on any atom is -0.497 e. The van der Waals surface area contributed by atoms with Gasteiger partial charge in [0.05, 0.1) is 12.8 Å². The van der Waals surface area contributed by atoms with E-state index in [2.05, 4.69) is 27.5 Å². The van der Waals surface area contributed by atoms with Crippen LogP contribution in [0.15, 0.2) is 46.5 Å². The summed E-state index contributed by atoms with van der Waals surface area (Å²) in [5.74, 6) is 1.09. The number of carbonyl (C=O) groups is 1. The second kappa shape index (κ2) is 5.83. The van der Waals surface area contributed by atoms with Crippen LogP contribution in [0.5, 0.6) is 5.75 Å². The molecule has 1 aliphatic rings. The Labute approximate surface area is 142 Å². The second-order valence-electron chi connectivity index (χ2n) is 5.48. The highest BCUT2D eigenvalue weighted by molar-refractivity contribution is 7.11. The number of fused-ring (bicyclic) bond motifs is 1. The lowest BCUT2D eigenvalue weighted by Gasteiger charge is -2.23. The van der Waals surface area contributed by atoms with E-state index in [4.69, 9.17) is 4.74 Å². The first-order valence-electron chi connectivity index (χ1n) is 7.34. The molecule has 2 aromatic heterocycles. The number of amides is 1. The number of carbonyl (C=O) groups excluding carboxylic acids is 1. The summed E-state index contributed by atoms with van der Waals surface area (Å²) >= 11 is 3.40. The molecule has 23 heavy (non-hydrogen) atoms. The van der Waals surface area contributed by atoms with Crippen LogP contribution < -0.4 is 10.1 Å². The van der Waals surface area contributed by atoms with Gasteiger partial charge < -0.3 is 10.1 Å². The van der Waals surface area contributed by atoms with Crippen molar-refractivity contribution in [2.75, 3.05) is 12.4 Å². The lowest BCUT2D eigenvalue weighted by atomic mass is 9.91. The van der Waals surface area contributed by atoms with Crippen LogP contribution in [0.2, 0.25) is 0 Å². The molecule has 0 bridgehead atoms. The Morgan fingerprint density at radius 2 is 2.00 bits per heavy atom. The largest absolute Gasteiger partial charge is 0.497 e. The summed E-state index contributed by atoms with van der Waals surface area (Å²) in [4.78, 5) is 13.4. The highest BCUT2D eigenvalue weighted by Gasteiger charge is 2.30. The van der Waals surface area contributed by atoms with Crippen molar-refractivity contribution >= 4 is 34.3 Å². The van der Waals surface area contributed by atoms with Gasteiger partial charge in [0.15, 0.2) is 0 Å². The highest BCUT2D eigenvalue weighted by Crippen LogP contribution is 2.46. The molecule has 0 fully saturated rings. The lowest BCUT2D eigenvalue weighted by molar-refractivity contribution is -0.116. The fourth-order valence-electron chi connectivity index (χ4n) is 2.95. The van der Waals surface area contributed by atoms with Crippen LogP contribution in [0.3, 0.4) is 0 Å². The Morgan fingerprint density at radius 1 is 1.17 bits per heavy atom. The maximum Gasteiger partial charge on any atom is 0.225 e. The first-order chi connectivity index (χ1) is 11.3. The predicted octanol–water partition coefficient (Wildman–Crippen LogP) is 4.96. The molecule has 0 aliphatic carbocycles. The van der Waals surface area contributed by atoms with Gasteiger partial charge in [-0.05, 0) is 40.1 Å². The van der Waals surface area contributed by atoms with E-state index in [1.54, 1.807) is 29.8 Å². The fourth-order valence-corrected chi connectivity index (χ4v) is 4.83. The van der Waals surface area contributed by atoms with Gasteiger partial charge in [-0.25, -0.2) is 0 Å². The number of anilines is 1. The standard InChI is InChI=1S/C18H15NO2S2/c1-21-13-4-2-11(3-5-13)15-10-23-18-14(12-6-7-22-9-12)8-16(20)19-17(15)18/h2-7,9-10,14H,8H2,1H3,(H,19,20). The molecule has 1 amide bonds. The summed E-state index contributed by atoms with van der Waals surface area (Å²) in [6, 6.07) is 10.1. The van der Waals surface area contributed by atoms with Crippen molar-refractivity contribution in [3.63, 3.8) is 0 Å². The smallest absolute Gasteiger partial charge is 0.225 e. The summed E-state index contributed by atoms with van der Waals surface area (Å²) in [5.41, 5.74) is 4.37. The zero-order chi connectivity index (χ0) is 15.8. The highest BCUT2D eigenvalue weighted by atomic mass is 32.1. The SMILES string of the molecule is COc1ccc(-c2csc3c2NC(=O)CC3c2ccsc2)cc1. The quantitative estimate of drug-likeness (QED) is 0.731.